The molecule has 0 bridgehead atoms. The molecule has 3 aromatic rings. The van der Waals surface area contributed by atoms with Crippen molar-refractivity contribution in [2.24, 2.45) is 0 Å². The predicted octanol–water partition coefficient (Wildman–Crippen LogP) is 2.58. The Labute approximate surface area is 168 Å². The third-order valence-corrected chi connectivity index (χ3v) is 6.42. The molecule has 8 heteroatoms. The first-order valence-electron chi connectivity index (χ1n) is 9.01. The van der Waals surface area contributed by atoms with Gasteiger partial charge in [0.05, 0.1) is 24.9 Å². The molecule has 0 saturated carbocycles. The Balaban J connectivity index is 1.78. The van der Waals surface area contributed by atoms with Gasteiger partial charge < -0.3 is 14.6 Å². The maximum absolute atomic E-state index is 12.3. The molecular formula is C21H20N2O5S. The number of benzene rings is 3. The molecule has 1 saturated heterocycles. The Bertz CT molecular complexity index is 1190. The van der Waals surface area contributed by atoms with Crippen LogP contribution in [0.3, 0.4) is 0 Å². The molecule has 0 radical (unpaired) electrons. The van der Waals surface area contributed by atoms with Gasteiger partial charge in [0.2, 0.25) is 0 Å². The van der Waals surface area contributed by atoms with E-state index in [4.69, 9.17) is 4.74 Å². The van der Waals surface area contributed by atoms with E-state index in [1.807, 2.05) is 42.5 Å². The van der Waals surface area contributed by atoms with E-state index < -0.39 is 16.3 Å². The average molecular weight is 412 g/mol. The van der Waals surface area contributed by atoms with Crippen LogP contribution in [0.1, 0.15) is 5.56 Å². The number of carbonyl (C=O) groups is 1. The van der Waals surface area contributed by atoms with E-state index in [0.29, 0.717) is 12.9 Å². The highest BCUT2D eigenvalue weighted by Gasteiger charge is 2.36. The van der Waals surface area contributed by atoms with Crippen LogP contribution in [0.25, 0.3) is 21.9 Å². The van der Waals surface area contributed by atoms with Crippen molar-refractivity contribution >= 4 is 33.0 Å². The Morgan fingerprint density at radius 3 is 2.66 bits per heavy atom. The molecule has 3 aromatic carbocycles. The van der Waals surface area contributed by atoms with Crippen molar-refractivity contribution in [3.05, 3.63) is 60.2 Å². The topological polar surface area (TPSA) is 95.9 Å². The number of aldehydes is 1. The first-order valence-corrected chi connectivity index (χ1v) is 10.5. The number of hydrogen-bond acceptors (Lipinski definition) is 5. The Hall–Kier alpha value is -2.94. The van der Waals surface area contributed by atoms with Crippen molar-refractivity contribution in [2.75, 3.05) is 18.0 Å². The molecule has 1 heterocycles. The second-order valence-electron chi connectivity index (χ2n) is 6.93. The van der Waals surface area contributed by atoms with E-state index in [1.165, 1.54) is 6.07 Å². The van der Waals surface area contributed by atoms with E-state index in [-0.39, 0.29) is 18.0 Å². The fourth-order valence-corrected chi connectivity index (χ4v) is 4.93. The van der Waals surface area contributed by atoms with Crippen LogP contribution >= 0.6 is 0 Å². The summed E-state index contributed by atoms with van der Waals surface area (Å²) in [6.45, 7) is 0.445. The molecule has 29 heavy (non-hydrogen) atoms. The summed E-state index contributed by atoms with van der Waals surface area (Å²) in [6, 6.07) is 16.0. The summed E-state index contributed by atoms with van der Waals surface area (Å²) in [5, 5.41) is 12.0. The van der Waals surface area contributed by atoms with Crippen LogP contribution in [0, 0.1) is 0 Å². The zero-order valence-corrected chi connectivity index (χ0v) is 16.5. The molecule has 0 amide bonds. The third-order valence-electron chi connectivity index (χ3n) is 4.89. The van der Waals surface area contributed by atoms with Crippen LogP contribution in [0.5, 0.6) is 5.75 Å². The van der Waals surface area contributed by atoms with Crippen LogP contribution in [0.2, 0.25) is 0 Å². The number of carbonyl (C=O) groups excluding carboxylic acids is 1. The summed E-state index contributed by atoms with van der Waals surface area (Å²) in [4.78, 5) is 11.0. The zero-order valence-electron chi connectivity index (χ0n) is 15.7. The molecule has 1 fully saturated rings. The molecule has 0 aliphatic carbocycles. The molecule has 1 unspecified atom stereocenters. The number of ether oxygens (including phenoxy) is 1. The number of aromatic hydroxyl groups is 1. The fourth-order valence-electron chi connectivity index (χ4n) is 3.53. The van der Waals surface area contributed by atoms with Crippen LogP contribution in [-0.4, -0.2) is 39.5 Å². The van der Waals surface area contributed by atoms with Crippen molar-refractivity contribution in [1.82, 2.24) is 4.72 Å². The van der Waals surface area contributed by atoms with Gasteiger partial charge in [0.15, 0.2) is 0 Å². The predicted molar refractivity (Wildman–Crippen MR) is 111 cm³/mol. The van der Waals surface area contributed by atoms with Crippen molar-refractivity contribution in [2.45, 2.75) is 12.6 Å². The minimum Gasteiger partial charge on any atom is -0.506 e. The summed E-state index contributed by atoms with van der Waals surface area (Å²) >= 11 is 0. The lowest BCUT2D eigenvalue weighted by molar-refractivity contribution is -0.108. The van der Waals surface area contributed by atoms with Gasteiger partial charge in [0.1, 0.15) is 12.0 Å². The Morgan fingerprint density at radius 2 is 1.93 bits per heavy atom. The maximum Gasteiger partial charge on any atom is 0.302 e. The summed E-state index contributed by atoms with van der Waals surface area (Å²) in [6.07, 6.45) is 0.542. The lowest BCUT2D eigenvalue weighted by Gasteiger charge is -2.18. The van der Waals surface area contributed by atoms with E-state index in [1.54, 1.807) is 13.2 Å². The number of phenols is 1. The SMILES string of the molecule is COCc1cccc(-c2ccc3cc(O)c(N4CC(C=O)NS4(=O)=O)cc3c2)c1. The summed E-state index contributed by atoms with van der Waals surface area (Å²) in [5.74, 6) is -0.163. The second-order valence-corrected chi connectivity index (χ2v) is 8.56. The standard InChI is InChI=1S/C21H20N2O5S/c1-28-13-14-3-2-4-15(7-14)16-5-6-17-10-21(25)20(9-18(17)8-16)23-11-19(12-24)22-29(23,26)27/h2-10,12,19,22,25H,11,13H2,1H3. The smallest absolute Gasteiger partial charge is 0.302 e. The van der Waals surface area contributed by atoms with E-state index in [9.17, 15) is 18.3 Å². The lowest BCUT2D eigenvalue weighted by Crippen LogP contribution is -2.30. The molecule has 1 aliphatic heterocycles. The minimum absolute atomic E-state index is 0.0658. The number of rotatable bonds is 5. The van der Waals surface area contributed by atoms with Gasteiger partial charge in [-0.3, -0.25) is 4.31 Å². The van der Waals surface area contributed by atoms with E-state index >= 15 is 0 Å². The first-order chi connectivity index (χ1) is 13.9. The van der Waals surface area contributed by atoms with Crippen LogP contribution in [-0.2, 0) is 26.3 Å². The number of phenolic OH excluding ortho intramolecular Hbond substituents is 1. The molecule has 150 valence electrons. The van der Waals surface area contributed by atoms with Crippen LogP contribution < -0.4 is 9.03 Å². The molecule has 4 rings (SSSR count). The summed E-state index contributed by atoms with van der Waals surface area (Å²) < 4.78 is 33.2. The highest BCUT2D eigenvalue weighted by Crippen LogP contribution is 2.36. The second kappa shape index (κ2) is 7.47. The highest BCUT2D eigenvalue weighted by molar-refractivity contribution is 7.91. The maximum atomic E-state index is 12.3. The number of fused-ring (bicyclic) bond motifs is 1. The number of nitrogens with one attached hydrogen (secondary N) is 1. The summed E-state index contributed by atoms with van der Waals surface area (Å²) in [7, 11) is -2.24. The van der Waals surface area contributed by atoms with Gasteiger partial charge >= 0.3 is 10.2 Å². The van der Waals surface area contributed by atoms with Gasteiger partial charge in [-0.2, -0.15) is 13.1 Å². The van der Waals surface area contributed by atoms with Crippen molar-refractivity contribution < 1.29 is 23.1 Å². The Kier molecular flexibility index (Phi) is 4.99. The van der Waals surface area contributed by atoms with E-state index in [2.05, 4.69) is 4.72 Å². The Morgan fingerprint density at radius 1 is 1.14 bits per heavy atom. The monoisotopic (exact) mass is 412 g/mol. The van der Waals surface area contributed by atoms with E-state index in [0.717, 1.165) is 31.8 Å². The average Bonchev–Trinajstić information content (AvgIpc) is 3.02. The van der Waals surface area contributed by atoms with Gasteiger partial charge in [-0.25, -0.2) is 0 Å². The van der Waals surface area contributed by atoms with Gasteiger partial charge in [0, 0.05) is 7.11 Å². The molecular weight excluding hydrogens is 392 g/mol. The van der Waals surface area contributed by atoms with Crippen molar-refractivity contribution in [3.8, 4) is 16.9 Å². The number of methoxy groups -OCH3 is 1. The third kappa shape index (κ3) is 3.69. The first kappa shape index (κ1) is 19.4. The zero-order chi connectivity index (χ0) is 20.6. The van der Waals surface area contributed by atoms with Gasteiger partial charge in [0.25, 0.3) is 0 Å². The van der Waals surface area contributed by atoms with Crippen molar-refractivity contribution in [3.63, 3.8) is 0 Å². The molecule has 2 N–H and O–H groups in total. The molecule has 0 aromatic heterocycles. The highest BCUT2D eigenvalue weighted by atomic mass is 32.2. The normalized spacial score (nSPS) is 18.2. The molecule has 1 aliphatic rings. The molecule has 7 nitrogen and oxygen atoms in total. The minimum atomic E-state index is -3.89. The molecule has 1 atom stereocenters. The van der Waals surface area contributed by atoms with Crippen LogP contribution in [0.15, 0.2) is 54.6 Å². The van der Waals surface area contributed by atoms with Gasteiger partial charge in [-0.15, -0.1) is 0 Å². The number of anilines is 1. The largest absolute Gasteiger partial charge is 0.506 e. The number of hydrogen-bond donors (Lipinski definition) is 2. The lowest BCUT2D eigenvalue weighted by atomic mass is 9.99. The molecule has 0 spiro atoms. The van der Waals surface area contributed by atoms with Crippen molar-refractivity contribution in [1.29, 1.82) is 0 Å². The quantitative estimate of drug-likeness (QED) is 0.628. The van der Waals surface area contributed by atoms with Gasteiger partial charge in [-0.05, 0) is 51.7 Å². The summed E-state index contributed by atoms with van der Waals surface area (Å²) in [5.41, 5.74) is 3.15. The van der Waals surface area contributed by atoms with Crippen LogP contribution in [0.4, 0.5) is 5.69 Å². The fraction of sp³-hybridized carbons (Fsp3) is 0.190. The van der Waals surface area contributed by atoms with Gasteiger partial charge in [-0.1, -0.05) is 30.3 Å². The number of nitrogens with zero attached hydrogens (tertiary/aromatic N) is 1.